The number of carboxylic acid groups (broad SMARTS) is 2. The van der Waals surface area contributed by atoms with Crippen LogP contribution in [0.2, 0.25) is 0 Å². The summed E-state index contributed by atoms with van der Waals surface area (Å²) in [6, 6.07) is 59.1. The van der Waals surface area contributed by atoms with Crippen LogP contribution in [0.15, 0.2) is 188 Å². The zero-order valence-corrected chi connectivity index (χ0v) is 70.0. The van der Waals surface area contributed by atoms with Crippen LogP contribution in [0.25, 0.3) is 54.5 Å². The normalized spacial score (nSPS) is 14.4. The van der Waals surface area contributed by atoms with E-state index < -0.39 is 41.2 Å². The maximum Gasteiger partial charge on any atom is 1.00 e. The Kier molecular flexibility index (Phi) is 27.4. The molecule has 24 nitrogen and oxygen atoms in total. The van der Waals surface area contributed by atoms with E-state index in [0.717, 1.165) is 131 Å². The number of carboxylic acids is 2. The number of amides is 4. The van der Waals surface area contributed by atoms with E-state index in [1.54, 1.807) is 58.8 Å². The van der Waals surface area contributed by atoms with Crippen molar-refractivity contribution in [2.75, 3.05) is 42.7 Å². The van der Waals surface area contributed by atoms with Gasteiger partial charge in [-0.05, 0) is 121 Å². The molecule has 0 radical (unpaired) electrons. The summed E-state index contributed by atoms with van der Waals surface area (Å²) in [5.41, 5.74) is 37.1. The molecule has 0 fully saturated rings. The smallest absolute Gasteiger partial charge is 0.541 e. The number of methoxy groups -OCH3 is 6. The van der Waals surface area contributed by atoms with E-state index in [0.29, 0.717) is 75.7 Å². The van der Waals surface area contributed by atoms with E-state index in [4.69, 9.17) is 51.4 Å². The molecule has 0 spiro atoms. The number of hydrogen-bond acceptors (Lipinski definition) is 16. The number of aromatic nitrogens is 4. The number of carbonyl (C=O) groups excluding carboxylic acids is 8. The molecular weight excluding hydrogens is 1500 g/mol. The Hall–Kier alpha value is -11.6. The van der Waals surface area contributed by atoms with E-state index in [-0.39, 0.29) is 99.5 Å². The fraction of sp³-hybridized carbons (Fsp3) is 0.244. The first-order valence-electron chi connectivity index (χ1n) is 37.4. The molecular formula is C90H86N8Na2O16. The van der Waals surface area contributed by atoms with Crippen molar-refractivity contribution >= 4 is 102 Å². The average Bonchev–Trinajstić information content (AvgIpc) is 1.60. The molecule has 0 aliphatic heterocycles. The molecule has 13 aromatic rings. The van der Waals surface area contributed by atoms with Crippen LogP contribution >= 0.6 is 0 Å². The molecule has 4 heterocycles. The van der Waals surface area contributed by atoms with Gasteiger partial charge >= 0.3 is 59.1 Å². The number of carbonyl (C=O) groups is 8. The predicted octanol–water partition coefficient (Wildman–Crippen LogP) is 4.65. The van der Waals surface area contributed by atoms with Crippen LogP contribution in [0.5, 0.6) is 34.5 Å². The van der Waals surface area contributed by atoms with E-state index in [1.165, 1.54) is 48.9 Å². The van der Waals surface area contributed by atoms with Crippen LogP contribution in [-0.2, 0) is 69.4 Å². The number of nitrogens with two attached hydrogens (primary N) is 4. The van der Waals surface area contributed by atoms with Gasteiger partial charge in [-0.25, -0.2) is 0 Å². The van der Waals surface area contributed by atoms with Crippen LogP contribution in [-0.4, -0.2) is 108 Å². The molecule has 26 heteroatoms. The third-order valence-corrected chi connectivity index (χ3v) is 21.8. The zero-order chi connectivity index (χ0) is 80.8. The van der Waals surface area contributed by atoms with Crippen molar-refractivity contribution in [1.29, 1.82) is 0 Å². The van der Waals surface area contributed by atoms with Gasteiger partial charge in [0, 0.05) is 123 Å². The Morgan fingerprint density at radius 2 is 0.629 bits per heavy atom. The van der Waals surface area contributed by atoms with Gasteiger partial charge in [-0.2, -0.15) is 0 Å². The van der Waals surface area contributed by atoms with Gasteiger partial charge in [0.25, 0.3) is 0 Å². The Morgan fingerprint density at radius 3 is 0.940 bits per heavy atom. The quantitative estimate of drug-likeness (QED) is 0.0407. The summed E-state index contributed by atoms with van der Waals surface area (Å²) in [7, 11) is 9.47. The average molecular weight is 1580 g/mol. The minimum absolute atomic E-state index is 0. The second-order valence-electron chi connectivity index (χ2n) is 28.3. The molecule has 0 saturated heterocycles. The molecule has 8 N–H and O–H groups in total. The zero-order valence-electron chi connectivity index (χ0n) is 66.0. The topological polar surface area (TPSA) is 362 Å². The third-order valence-electron chi connectivity index (χ3n) is 21.8. The van der Waals surface area contributed by atoms with Gasteiger partial charge in [-0.15, -0.1) is 0 Å². The van der Waals surface area contributed by atoms with Gasteiger partial charge in [0.15, 0.2) is 0 Å². The summed E-state index contributed by atoms with van der Waals surface area (Å²) in [6.07, 6.45) is 7.32. The number of ether oxygens (including phenoxy) is 6. The Labute approximate surface area is 713 Å². The maximum atomic E-state index is 12.5. The molecule has 0 bridgehead atoms. The molecule has 584 valence electrons. The summed E-state index contributed by atoms with van der Waals surface area (Å²) < 4.78 is 41.5. The van der Waals surface area contributed by atoms with Crippen LogP contribution in [0.3, 0.4) is 0 Å². The number of ketones is 2. The van der Waals surface area contributed by atoms with Crippen LogP contribution in [0.4, 0.5) is 0 Å². The van der Waals surface area contributed by atoms with E-state index in [9.17, 15) is 48.6 Å². The first-order chi connectivity index (χ1) is 55.1. The number of hydrogen-bond donors (Lipinski definition) is 4. The summed E-state index contributed by atoms with van der Waals surface area (Å²) in [6.45, 7) is 2.39. The number of primary amides is 4. The Morgan fingerprint density at radius 1 is 0.336 bits per heavy atom. The predicted molar refractivity (Wildman–Crippen MR) is 429 cm³/mol. The van der Waals surface area contributed by atoms with Gasteiger partial charge in [0.05, 0.1) is 88.0 Å². The van der Waals surface area contributed by atoms with Gasteiger partial charge in [-0.1, -0.05) is 127 Å². The van der Waals surface area contributed by atoms with E-state index in [2.05, 4.69) is 33.4 Å². The van der Waals surface area contributed by atoms with Crippen molar-refractivity contribution in [2.45, 2.75) is 102 Å². The standard InChI is InChI=1S/C23H22N2O5.C23H18N2O5.2C22H24N2O3.2Na/c2*1-30-14-10-16(21(26)23(28)29)20-18(11-14)25(12-13-6-3-2-4-7-13)17-9-5-8-15(19(17)20)22(24)27;2*1-26-15-11-18-21(19(12-15)27-2)20-16(22(23)25)9-6-10-17(20)24(18)13-14-7-4-3-5-8-14;;/h2-4,6-7,10-11,15H,5,8-9,12H2,1H3,(H2,24,27)(H,28,29);2-11H,12H2,1H3,(H2,24,27)(H,28,29);2*3-5,7-8,11-12,16H,6,9-10,13H2,1-2H3,(H2,23,25);;/q;;;;2*+1/p-2. The summed E-state index contributed by atoms with van der Waals surface area (Å²) in [4.78, 5) is 96.6. The Balaban J connectivity index is 0.000000151. The number of rotatable bonds is 22. The first-order valence-corrected chi connectivity index (χ1v) is 37.4. The molecule has 3 atom stereocenters. The monoisotopic (exact) mass is 1580 g/mol. The number of Topliss-reactive ketones (excluding diaryl/α,β-unsaturated/α-hetero) is 2. The molecule has 3 unspecified atom stereocenters. The fourth-order valence-corrected chi connectivity index (χ4v) is 16.8. The number of benzene rings is 9. The SMILES string of the molecule is COc1cc(C(=O)C(=O)[O-])c2c3c(C(N)=O)cccc3n(Cc3ccccc3)c2c1.COc1cc(C(=O)C(=O)[O-])c2c3c(n(Cc4ccccc4)c2c1)CCCC3C(N)=O.COc1cc(OC)c2c3c(n(Cc4ccccc4)c2c1)CCCC3C(N)=O.COc1cc(OC)c2c3c(n(Cc4ccccc4)c2c1)CCCC3C(N)=O.[Na+].[Na+]. The molecule has 16 rings (SSSR count). The summed E-state index contributed by atoms with van der Waals surface area (Å²) in [5.74, 6) is -5.27. The van der Waals surface area contributed by atoms with Crippen molar-refractivity contribution in [3.63, 3.8) is 0 Å². The second-order valence-corrected chi connectivity index (χ2v) is 28.3. The van der Waals surface area contributed by atoms with Crippen LogP contribution in [0.1, 0.15) is 143 Å². The number of aliphatic carboxylic acids is 2. The fourth-order valence-electron chi connectivity index (χ4n) is 16.8. The van der Waals surface area contributed by atoms with Crippen molar-refractivity contribution < 1.29 is 136 Å². The van der Waals surface area contributed by atoms with Gasteiger partial charge in [0.2, 0.25) is 35.2 Å². The van der Waals surface area contributed by atoms with Crippen LogP contribution in [0, 0.1) is 0 Å². The molecule has 3 aliphatic rings. The van der Waals surface area contributed by atoms with E-state index >= 15 is 0 Å². The van der Waals surface area contributed by atoms with Gasteiger partial charge < -0.3 is 89.4 Å². The number of nitrogens with zero attached hydrogens (tertiary/aromatic N) is 4. The second kappa shape index (κ2) is 37.3. The maximum absolute atomic E-state index is 12.5. The molecule has 9 aromatic carbocycles. The molecule has 4 amide bonds. The first kappa shape index (κ1) is 85.2. The van der Waals surface area contributed by atoms with Crippen molar-refractivity contribution in [1.82, 2.24) is 18.3 Å². The minimum Gasteiger partial charge on any atom is -0.541 e. The molecule has 4 aromatic heterocycles. The Bertz CT molecular complexity index is 5760. The molecule has 0 saturated carbocycles. The van der Waals surface area contributed by atoms with Gasteiger partial charge in [0.1, 0.15) is 46.4 Å². The molecule has 116 heavy (non-hydrogen) atoms. The van der Waals surface area contributed by atoms with E-state index in [1.807, 2.05) is 130 Å². The van der Waals surface area contributed by atoms with Crippen molar-refractivity contribution in [2.24, 2.45) is 22.9 Å². The minimum atomic E-state index is -1.84. The van der Waals surface area contributed by atoms with Gasteiger partial charge in [-0.3, -0.25) is 28.8 Å². The van der Waals surface area contributed by atoms with Crippen molar-refractivity contribution in [3.8, 4) is 34.5 Å². The third kappa shape index (κ3) is 17.0. The van der Waals surface area contributed by atoms with Crippen molar-refractivity contribution in [3.05, 3.63) is 261 Å². The molecule has 3 aliphatic carbocycles. The summed E-state index contributed by atoms with van der Waals surface area (Å²) in [5, 5.41) is 26.0. The summed E-state index contributed by atoms with van der Waals surface area (Å²) >= 11 is 0. The largest absolute Gasteiger partial charge is 1.00 e. The van der Waals surface area contributed by atoms with Crippen LogP contribution < -0.4 is 121 Å². The number of fused-ring (bicyclic) bond motifs is 12.